The van der Waals surface area contributed by atoms with Gasteiger partial charge in [0.25, 0.3) is 5.91 Å². The Morgan fingerprint density at radius 3 is 2.79 bits per heavy atom. The number of carbonyl (C=O) groups is 1. The van der Waals surface area contributed by atoms with E-state index in [-0.39, 0.29) is 11.7 Å². The van der Waals surface area contributed by atoms with E-state index in [2.05, 4.69) is 68.2 Å². The summed E-state index contributed by atoms with van der Waals surface area (Å²) in [5, 5.41) is 9.13. The van der Waals surface area contributed by atoms with E-state index in [0.29, 0.717) is 11.3 Å². The smallest absolute Gasteiger partial charge is 0.282 e. The number of amides is 1. The van der Waals surface area contributed by atoms with Crippen LogP contribution in [0.5, 0.6) is 0 Å². The molecule has 0 aliphatic carbocycles. The summed E-state index contributed by atoms with van der Waals surface area (Å²) >= 11 is 1.78. The summed E-state index contributed by atoms with van der Waals surface area (Å²) < 4.78 is 1.31. The van der Waals surface area contributed by atoms with Gasteiger partial charge in [0, 0.05) is 22.6 Å². The molecule has 0 radical (unpaired) electrons. The summed E-state index contributed by atoms with van der Waals surface area (Å²) in [5.74, 6) is 0.0148. The summed E-state index contributed by atoms with van der Waals surface area (Å²) in [5.41, 5.74) is 8.50. The Bertz CT molecular complexity index is 1570. The zero-order valence-electron chi connectivity index (χ0n) is 20.8. The Morgan fingerprint density at radius 2 is 1.92 bits per heavy atom. The monoisotopic (exact) mass is 522 g/mol. The van der Waals surface area contributed by atoms with Crippen LogP contribution < -0.4 is 15.4 Å². The number of hydroxylamine groups is 1. The maximum atomic E-state index is 13.1. The summed E-state index contributed by atoms with van der Waals surface area (Å²) in [4.78, 5) is 25.0. The lowest BCUT2D eigenvalue weighted by Crippen LogP contribution is -2.25. The van der Waals surface area contributed by atoms with Crippen molar-refractivity contribution in [3.8, 4) is 0 Å². The normalized spacial score (nSPS) is 16.5. The van der Waals surface area contributed by atoms with E-state index >= 15 is 0 Å². The van der Waals surface area contributed by atoms with Crippen molar-refractivity contribution in [2.75, 3.05) is 23.6 Å². The van der Waals surface area contributed by atoms with E-state index in [1.165, 1.54) is 39.1 Å². The minimum atomic E-state index is -0.258. The van der Waals surface area contributed by atoms with Crippen molar-refractivity contribution in [1.82, 2.24) is 5.48 Å². The fourth-order valence-corrected chi connectivity index (χ4v) is 5.64. The number of anilines is 3. The lowest BCUT2D eigenvalue weighted by Gasteiger charge is -2.31. The van der Waals surface area contributed by atoms with Crippen LogP contribution in [0.1, 0.15) is 17.5 Å². The summed E-state index contributed by atoms with van der Waals surface area (Å²) in [6, 6.07) is 24.6. The van der Waals surface area contributed by atoms with E-state index in [1.807, 2.05) is 42.5 Å². The van der Waals surface area contributed by atoms with Gasteiger partial charge in [-0.15, -0.1) is 21.4 Å². The number of hydrogen-bond donors (Lipinski definition) is 1. The standard InChI is InChI=1S/C30H26N4O3S/c1-36-37-32-29-26(30(35)34(31-29)24-9-3-2-4-10-24)11-5-7-21-12-15-27-23(19-21)8-6-17-33(27)25-14-13-22-16-18-38-28(22)20-25/h2-5,7,9-16,18-20H,6,8,17H2,1H3,(H,31,32)/b7-5+,26-11-. The molecule has 2 aliphatic rings. The molecule has 38 heavy (non-hydrogen) atoms. The van der Waals surface area contributed by atoms with Gasteiger partial charge >= 0.3 is 0 Å². The zero-order valence-corrected chi connectivity index (χ0v) is 21.7. The predicted octanol–water partition coefficient (Wildman–Crippen LogP) is 6.37. The van der Waals surface area contributed by atoms with E-state index < -0.39 is 0 Å². The number of amidine groups is 1. The van der Waals surface area contributed by atoms with Crippen molar-refractivity contribution < 1.29 is 14.7 Å². The summed E-state index contributed by atoms with van der Waals surface area (Å²) in [7, 11) is 1.38. The number of allylic oxidation sites excluding steroid dienone is 2. The first-order chi connectivity index (χ1) is 18.7. The topological polar surface area (TPSA) is 66.4 Å². The predicted molar refractivity (Wildman–Crippen MR) is 153 cm³/mol. The highest BCUT2D eigenvalue weighted by molar-refractivity contribution is 7.17. The van der Waals surface area contributed by atoms with Crippen LogP contribution in [0.4, 0.5) is 17.1 Å². The molecule has 2 aliphatic heterocycles. The van der Waals surface area contributed by atoms with Gasteiger partial charge in [0.2, 0.25) is 0 Å². The first-order valence-electron chi connectivity index (χ1n) is 12.4. The van der Waals surface area contributed by atoms with E-state index in [4.69, 9.17) is 4.99 Å². The third-order valence-corrected chi connectivity index (χ3v) is 7.51. The van der Waals surface area contributed by atoms with Gasteiger partial charge in [-0.05, 0) is 83.3 Å². The van der Waals surface area contributed by atoms with Gasteiger partial charge < -0.3 is 4.90 Å². The number of aryl methyl sites for hydroxylation is 1. The SMILES string of the molecule is COONC1=NN(c2ccccc2)C(=O)/C1=C\C=C\c1ccc2c(c1)CCCN2c1ccc2ccsc2c1. The number of carbonyl (C=O) groups excluding carboxylic acids is 1. The van der Waals surface area contributed by atoms with Gasteiger partial charge in [0.05, 0.1) is 18.4 Å². The Hall–Kier alpha value is -4.24. The second-order valence-electron chi connectivity index (χ2n) is 8.98. The first-order valence-corrected chi connectivity index (χ1v) is 13.3. The van der Waals surface area contributed by atoms with Crippen molar-refractivity contribution in [3.05, 3.63) is 107 Å². The summed E-state index contributed by atoms with van der Waals surface area (Å²) in [6.07, 6.45) is 7.73. The number of rotatable bonds is 6. The number of hydrogen-bond acceptors (Lipinski definition) is 7. The van der Waals surface area contributed by atoms with Crippen molar-refractivity contribution in [2.45, 2.75) is 12.8 Å². The first kappa shape index (κ1) is 24.1. The molecule has 6 rings (SSSR count). The van der Waals surface area contributed by atoms with Gasteiger partial charge in [0.1, 0.15) is 0 Å². The largest absolute Gasteiger partial charge is 0.341 e. The molecule has 3 aromatic carbocycles. The van der Waals surface area contributed by atoms with Crippen LogP contribution in [0.2, 0.25) is 0 Å². The molecule has 0 spiro atoms. The van der Waals surface area contributed by atoms with Crippen LogP contribution in [0, 0.1) is 0 Å². The van der Waals surface area contributed by atoms with Crippen molar-refractivity contribution >= 4 is 56.3 Å². The van der Waals surface area contributed by atoms with Crippen LogP contribution in [0.3, 0.4) is 0 Å². The second kappa shape index (κ2) is 10.6. The van der Waals surface area contributed by atoms with Crippen molar-refractivity contribution in [1.29, 1.82) is 0 Å². The molecule has 1 N–H and O–H groups in total. The number of thiophene rings is 1. The second-order valence-corrected chi connectivity index (χ2v) is 9.93. The fourth-order valence-electron chi connectivity index (χ4n) is 4.82. The van der Waals surface area contributed by atoms with Crippen LogP contribution in [0.25, 0.3) is 16.2 Å². The lowest BCUT2D eigenvalue weighted by atomic mass is 9.98. The third-order valence-electron chi connectivity index (χ3n) is 6.63. The Kier molecular flexibility index (Phi) is 6.75. The molecule has 7 nitrogen and oxygen atoms in total. The number of para-hydroxylation sites is 1. The molecule has 4 aromatic rings. The highest BCUT2D eigenvalue weighted by atomic mass is 32.1. The average molecular weight is 523 g/mol. The quantitative estimate of drug-likeness (QED) is 0.181. The van der Waals surface area contributed by atoms with Gasteiger partial charge in [-0.3, -0.25) is 4.79 Å². The molecule has 0 unspecified atom stereocenters. The number of fused-ring (bicyclic) bond motifs is 2. The lowest BCUT2D eigenvalue weighted by molar-refractivity contribution is -0.300. The van der Waals surface area contributed by atoms with Crippen LogP contribution >= 0.6 is 11.3 Å². The van der Waals surface area contributed by atoms with Gasteiger partial charge in [-0.1, -0.05) is 42.5 Å². The number of benzene rings is 3. The molecule has 0 fully saturated rings. The van der Waals surface area contributed by atoms with Crippen molar-refractivity contribution in [3.63, 3.8) is 0 Å². The van der Waals surface area contributed by atoms with E-state index in [1.54, 1.807) is 17.4 Å². The van der Waals surface area contributed by atoms with Crippen LogP contribution in [0.15, 0.2) is 101 Å². The van der Waals surface area contributed by atoms with Gasteiger partial charge in [0.15, 0.2) is 5.84 Å². The average Bonchev–Trinajstić information content (AvgIpc) is 3.55. The molecule has 0 saturated carbocycles. The molecule has 1 amide bonds. The maximum Gasteiger partial charge on any atom is 0.282 e. The molecule has 3 heterocycles. The highest BCUT2D eigenvalue weighted by Crippen LogP contribution is 2.36. The number of hydrazone groups is 1. The molecular formula is C30H26N4O3S. The van der Waals surface area contributed by atoms with Crippen LogP contribution in [-0.2, 0) is 21.1 Å². The van der Waals surface area contributed by atoms with Crippen LogP contribution in [-0.4, -0.2) is 25.4 Å². The molecule has 1 aromatic heterocycles. The van der Waals surface area contributed by atoms with Gasteiger partial charge in [-0.2, -0.15) is 5.01 Å². The molecular weight excluding hydrogens is 496 g/mol. The zero-order chi connectivity index (χ0) is 25.9. The third kappa shape index (κ3) is 4.72. The number of nitrogens with one attached hydrogen (secondary N) is 1. The summed E-state index contributed by atoms with van der Waals surface area (Å²) in [6.45, 7) is 1.00. The maximum absolute atomic E-state index is 13.1. The molecule has 190 valence electrons. The Balaban J connectivity index is 1.24. The molecule has 0 bridgehead atoms. The minimum absolute atomic E-state index is 0.258. The Morgan fingerprint density at radius 1 is 1.03 bits per heavy atom. The molecule has 0 atom stereocenters. The van der Waals surface area contributed by atoms with E-state index in [9.17, 15) is 4.79 Å². The minimum Gasteiger partial charge on any atom is -0.341 e. The Labute approximate surface area is 224 Å². The molecule has 8 heteroatoms. The molecule has 0 saturated heterocycles. The van der Waals surface area contributed by atoms with Gasteiger partial charge in [-0.25, -0.2) is 10.4 Å². The van der Waals surface area contributed by atoms with E-state index in [0.717, 1.165) is 24.9 Å². The fraction of sp³-hybridized carbons (Fsp3) is 0.133. The number of nitrogens with zero attached hydrogens (tertiary/aromatic N) is 3. The highest BCUT2D eigenvalue weighted by Gasteiger charge is 2.31. The van der Waals surface area contributed by atoms with Crippen molar-refractivity contribution in [2.24, 2.45) is 5.10 Å².